The number of aliphatic imine (C=N–C) groups is 1. The molecule has 0 bridgehead atoms. The lowest BCUT2D eigenvalue weighted by molar-refractivity contribution is 0.0871. The molecule has 4 heterocycles. The highest BCUT2D eigenvalue weighted by molar-refractivity contribution is 5.97. The third-order valence-electron chi connectivity index (χ3n) is 5.57. The molecule has 0 atom stereocenters. The number of aryl methyl sites for hydroxylation is 1. The summed E-state index contributed by atoms with van der Waals surface area (Å²) in [6, 6.07) is 10.3. The molecule has 33 heavy (non-hydrogen) atoms. The summed E-state index contributed by atoms with van der Waals surface area (Å²) in [4.78, 5) is 13.6. The van der Waals surface area contributed by atoms with Crippen LogP contribution in [0.3, 0.4) is 0 Å². The van der Waals surface area contributed by atoms with Gasteiger partial charge in [-0.25, -0.2) is 19.0 Å². The van der Waals surface area contributed by atoms with Crippen LogP contribution in [0, 0.1) is 12.7 Å². The van der Waals surface area contributed by atoms with Crippen LogP contribution in [0.4, 0.5) is 4.39 Å². The van der Waals surface area contributed by atoms with Crippen molar-refractivity contribution < 1.29 is 9.13 Å². The standard InChI is InChI=1S/C23H23FN8O/c1-15-22(32(30-29-15)20-5-3-2-4-18(20)24)19-13-31(14-27-19)21-7-6-16(12-26-21)23(25)28-17-8-10-33-11-9-17/h2-7,12-14,17H,8-11H2,1H3,(H2,25,28). The molecule has 3 aromatic heterocycles. The normalized spacial score (nSPS) is 15.2. The maximum Gasteiger partial charge on any atom is 0.148 e. The lowest BCUT2D eigenvalue weighted by atomic mass is 10.1. The first-order valence-corrected chi connectivity index (χ1v) is 10.7. The van der Waals surface area contributed by atoms with Crippen molar-refractivity contribution in [3.8, 4) is 22.9 Å². The van der Waals surface area contributed by atoms with Crippen LogP contribution in [0.15, 0.2) is 60.1 Å². The number of rotatable bonds is 5. The van der Waals surface area contributed by atoms with Gasteiger partial charge in [0.2, 0.25) is 0 Å². The Kier molecular flexibility index (Phi) is 5.66. The number of benzene rings is 1. The molecule has 0 saturated carbocycles. The first-order chi connectivity index (χ1) is 16.1. The van der Waals surface area contributed by atoms with Gasteiger partial charge in [0.25, 0.3) is 0 Å². The summed E-state index contributed by atoms with van der Waals surface area (Å²) in [6.45, 7) is 3.24. The highest BCUT2D eigenvalue weighted by atomic mass is 19.1. The van der Waals surface area contributed by atoms with Gasteiger partial charge in [-0.1, -0.05) is 17.3 Å². The molecule has 4 aromatic rings. The average molecular weight is 446 g/mol. The molecule has 1 aliphatic heterocycles. The number of imidazole rings is 1. The van der Waals surface area contributed by atoms with Gasteiger partial charge in [0, 0.05) is 31.2 Å². The van der Waals surface area contributed by atoms with Gasteiger partial charge in [0.05, 0.1) is 11.7 Å². The molecule has 9 nitrogen and oxygen atoms in total. The van der Waals surface area contributed by atoms with Crippen molar-refractivity contribution in [3.63, 3.8) is 0 Å². The lowest BCUT2D eigenvalue weighted by Gasteiger charge is -2.18. The Balaban J connectivity index is 1.40. The molecule has 1 aliphatic rings. The van der Waals surface area contributed by atoms with E-state index in [0.29, 0.717) is 47.6 Å². The molecule has 0 amide bonds. The summed E-state index contributed by atoms with van der Waals surface area (Å²) in [5, 5.41) is 8.23. The summed E-state index contributed by atoms with van der Waals surface area (Å²) >= 11 is 0. The van der Waals surface area contributed by atoms with Crippen LogP contribution in [0.5, 0.6) is 0 Å². The van der Waals surface area contributed by atoms with Gasteiger partial charge in [-0.2, -0.15) is 0 Å². The first kappa shape index (κ1) is 21.0. The predicted octanol–water partition coefficient (Wildman–Crippen LogP) is 2.85. The molecule has 0 unspecified atom stereocenters. The smallest absolute Gasteiger partial charge is 0.148 e. The number of amidine groups is 1. The minimum Gasteiger partial charge on any atom is -0.383 e. The van der Waals surface area contributed by atoms with Crippen LogP contribution in [0.1, 0.15) is 24.1 Å². The van der Waals surface area contributed by atoms with Crippen LogP contribution in [0.25, 0.3) is 22.9 Å². The maximum absolute atomic E-state index is 14.4. The van der Waals surface area contributed by atoms with Gasteiger partial charge in [-0.3, -0.25) is 9.56 Å². The van der Waals surface area contributed by atoms with E-state index in [2.05, 4.69) is 25.3 Å². The number of ether oxygens (including phenoxy) is 1. The Morgan fingerprint density at radius 1 is 1.15 bits per heavy atom. The van der Waals surface area contributed by atoms with Gasteiger partial charge < -0.3 is 10.5 Å². The minimum absolute atomic E-state index is 0.186. The summed E-state index contributed by atoms with van der Waals surface area (Å²) in [6.07, 6.45) is 6.91. The largest absolute Gasteiger partial charge is 0.383 e. The summed E-state index contributed by atoms with van der Waals surface area (Å²) in [7, 11) is 0. The van der Waals surface area contributed by atoms with E-state index >= 15 is 0 Å². The molecule has 1 saturated heterocycles. The lowest BCUT2D eigenvalue weighted by Crippen LogP contribution is -2.23. The monoisotopic (exact) mass is 446 g/mol. The fourth-order valence-corrected chi connectivity index (χ4v) is 3.79. The highest BCUT2D eigenvalue weighted by Crippen LogP contribution is 2.25. The maximum atomic E-state index is 14.4. The van der Waals surface area contributed by atoms with E-state index in [1.54, 1.807) is 35.3 Å². The van der Waals surface area contributed by atoms with Gasteiger partial charge in [-0.05, 0) is 44.0 Å². The molecule has 0 aliphatic carbocycles. The van der Waals surface area contributed by atoms with E-state index in [1.807, 2.05) is 25.3 Å². The average Bonchev–Trinajstić information content (AvgIpc) is 3.47. The van der Waals surface area contributed by atoms with E-state index in [-0.39, 0.29) is 11.9 Å². The molecular weight excluding hydrogens is 423 g/mol. The molecule has 1 fully saturated rings. The molecule has 168 valence electrons. The van der Waals surface area contributed by atoms with Crippen molar-refractivity contribution in [2.24, 2.45) is 10.7 Å². The van der Waals surface area contributed by atoms with Crippen LogP contribution >= 0.6 is 0 Å². The molecule has 0 radical (unpaired) electrons. The van der Waals surface area contributed by atoms with E-state index in [9.17, 15) is 4.39 Å². The van der Waals surface area contributed by atoms with Gasteiger partial charge >= 0.3 is 0 Å². The number of para-hydroxylation sites is 1. The summed E-state index contributed by atoms with van der Waals surface area (Å²) in [5.41, 5.74) is 9.12. The van der Waals surface area contributed by atoms with Crippen molar-refractivity contribution in [1.29, 1.82) is 0 Å². The zero-order valence-electron chi connectivity index (χ0n) is 18.1. The van der Waals surface area contributed by atoms with Crippen molar-refractivity contribution in [2.45, 2.75) is 25.8 Å². The number of hydrogen-bond donors (Lipinski definition) is 1. The van der Waals surface area contributed by atoms with E-state index in [1.165, 1.54) is 10.7 Å². The fraction of sp³-hybridized carbons (Fsp3) is 0.261. The van der Waals surface area contributed by atoms with Crippen molar-refractivity contribution >= 4 is 5.84 Å². The zero-order chi connectivity index (χ0) is 22.8. The fourth-order valence-electron chi connectivity index (χ4n) is 3.79. The summed E-state index contributed by atoms with van der Waals surface area (Å²) < 4.78 is 23.0. The molecular formula is C23H23FN8O. The second kappa shape index (κ2) is 8.91. The third kappa shape index (κ3) is 4.24. The minimum atomic E-state index is -0.389. The Labute approximate surface area is 189 Å². The first-order valence-electron chi connectivity index (χ1n) is 10.7. The third-order valence-corrected chi connectivity index (χ3v) is 5.57. The van der Waals surface area contributed by atoms with E-state index in [0.717, 1.165) is 18.4 Å². The second-order valence-corrected chi connectivity index (χ2v) is 7.82. The van der Waals surface area contributed by atoms with Crippen molar-refractivity contribution in [1.82, 2.24) is 29.5 Å². The highest BCUT2D eigenvalue weighted by Gasteiger charge is 2.18. The second-order valence-electron chi connectivity index (χ2n) is 7.82. The number of hydrogen-bond acceptors (Lipinski definition) is 6. The Hall–Kier alpha value is -3.92. The van der Waals surface area contributed by atoms with Crippen LogP contribution in [-0.2, 0) is 4.74 Å². The van der Waals surface area contributed by atoms with Crippen molar-refractivity contribution in [3.05, 3.63) is 72.2 Å². The molecule has 0 spiro atoms. The van der Waals surface area contributed by atoms with Gasteiger partial charge in [0.1, 0.15) is 40.9 Å². The van der Waals surface area contributed by atoms with Gasteiger partial charge in [0.15, 0.2) is 0 Å². The molecule has 10 heteroatoms. The number of halogens is 1. The Morgan fingerprint density at radius 2 is 1.97 bits per heavy atom. The number of nitrogens with zero attached hydrogens (tertiary/aromatic N) is 7. The quantitative estimate of drug-likeness (QED) is 0.373. The predicted molar refractivity (Wildman–Crippen MR) is 121 cm³/mol. The van der Waals surface area contributed by atoms with E-state index in [4.69, 9.17) is 10.5 Å². The topological polar surface area (TPSA) is 109 Å². The van der Waals surface area contributed by atoms with Crippen LogP contribution in [-0.4, -0.2) is 54.6 Å². The number of nitrogens with two attached hydrogens (primary N) is 1. The molecule has 5 rings (SSSR count). The molecule has 1 aromatic carbocycles. The molecule has 2 N–H and O–H groups in total. The number of aromatic nitrogens is 6. The Morgan fingerprint density at radius 3 is 2.73 bits per heavy atom. The van der Waals surface area contributed by atoms with Gasteiger partial charge in [-0.15, -0.1) is 5.10 Å². The van der Waals surface area contributed by atoms with Crippen LogP contribution < -0.4 is 5.73 Å². The van der Waals surface area contributed by atoms with E-state index < -0.39 is 0 Å². The zero-order valence-corrected chi connectivity index (χ0v) is 18.1. The van der Waals surface area contributed by atoms with Crippen LogP contribution in [0.2, 0.25) is 0 Å². The number of pyridine rings is 1. The summed E-state index contributed by atoms with van der Waals surface area (Å²) in [5.74, 6) is 0.752. The Bertz CT molecular complexity index is 1290. The van der Waals surface area contributed by atoms with Crippen molar-refractivity contribution in [2.75, 3.05) is 13.2 Å². The SMILES string of the molecule is Cc1nnn(-c2ccccc2F)c1-c1cn(-c2ccc(C(N)=NC3CCOCC3)cn2)cn1.